The summed E-state index contributed by atoms with van der Waals surface area (Å²) in [5.41, 5.74) is 6.13. The molecule has 2 aromatic rings. The summed E-state index contributed by atoms with van der Waals surface area (Å²) < 4.78 is 13.6. The highest BCUT2D eigenvalue weighted by molar-refractivity contribution is 5.92. The number of piperidine rings is 1. The summed E-state index contributed by atoms with van der Waals surface area (Å²) in [6, 6.07) is 9.94. The van der Waals surface area contributed by atoms with Crippen LogP contribution in [-0.4, -0.2) is 29.9 Å². The molecule has 7 heteroatoms. The van der Waals surface area contributed by atoms with Gasteiger partial charge in [-0.25, -0.2) is 9.37 Å². The molecule has 0 saturated carbocycles. The Morgan fingerprint density at radius 2 is 2.07 bits per heavy atom. The third-order valence-electron chi connectivity index (χ3n) is 5.09. The Bertz CT molecular complexity index is 825. The van der Waals surface area contributed by atoms with Gasteiger partial charge in [-0.1, -0.05) is 18.2 Å². The van der Waals surface area contributed by atoms with Gasteiger partial charge in [-0.2, -0.15) is 0 Å². The second kappa shape index (κ2) is 9.30. The molecule has 3 rings (SSSR count). The Morgan fingerprint density at radius 3 is 2.79 bits per heavy atom. The van der Waals surface area contributed by atoms with Crippen LogP contribution in [0.2, 0.25) is 0 Å². The molecule has 2 heterocycles. The molecule has 1 aromatic heterocycles. The molecule has 148 valence electrons. The number of rotatable bonds is 7. The summed E-state index contributed by atoms with van der Waals surface area (Å²) in [5, 5.41) is 2.79. The molecule has 0 radical (unpaired) electrons. The summed E-state index contributed by atoms with van der Waals surface area (Å²) in [4.78, 5) is 29.8. The highest BCUT2D eigenvalue weighted by atomic mass is 19.1. The fourth-order valence-electron chi connectivity index (χ4n) is 3.49. The van der Waals surface area contributed by atoms with Crippen molar-refractivity contribution in [3.63, 3.8) is 0 Å². The van der Waals surface area contributed by atoms with Crippen molar-refractivity contribution >= 4 is 17.6 Å². The van der Waals surface area contributed by atoms with E-state index in [4.69, 9.17) is 5.73 Å². The summed E-state index contributed by atoms with van der Waals surface area (Å²) in [6.07, 6.45) is 4.79. The van der Waals surface area contributed by atoms with Gasteiger partial charge >= 0.3 is 0 Å². The Morgan fingerprint density at radius 1 is 1.25 bits per heavy atom. The van der Waals surface area contributed by atoms with Crippen molar-refractivity contribution in [3.8, 4) is 0 Å². The van der Waals surface area contributed by atoms with Crippen LogP contribution >= 0.6 is 0 Å². The number of anilines is 1. The molecule has 1 unspecified atom stereocenters. The maximum atomic E-state index is 13.6. The zero-order valence-corrected chi connectivity index (χ0v) is 15.7. The molecular weight excluding hydrogens is 359 g/mol. The lowest BCUT2D eigenvalue weighted by molar-refractivity contribution is -0.121. The monoisotopic (exact) mass is 384 g/mol. The van der Waals surface area contributed by atoms with Crippen molar-refractivity contribution in [3.05, 3.63) is 59.5 Å². The fourth-order valence-corrected chi connectivity index (χ4v) is 3.49. The van der Waals surface area contributed by atoms with Crippen LogP contribution in [0, 0.1) is 11.7 Å². The smallest absolute Gasteiger partial charge is 0.250 e. The van der Waals surface area contributed by atoms with E-state index in [0.29, 0.717) is 23.5 Å². The van der Waals surface area contributed by atoms with Crippen molar-refractivity contribution in [2.24, 2.45) is 11.7 Å². The zero-order valence-electron chi connectivity index (χ0n) is 15.7. The van der Waals surface area contributed by atoms with Crippen LogP contribution < -0.4 is 16.0 Å². The zero-order chi connectivity index (χ0) is 19.9. The van der Waals surface area contributed by atoms with Crippen LogP contribution in [0.5, 0.6) is 0 Å². The third kappa shape index (κ3) is 5.28. The van der Waals surface area contributed by atoms with E-state index < -0.39 is 5.91 Å². The molecule has 3 N–H and O–H groups in total. The van der Waals surface area contributed by atoms with E-state index in [1.807, 2.05) is 6.07 Å². The van der Waals surface area contributed by atoms with E-state index in [1.165, 1.54) is 12.3 Å². The minimum absolute atomic E-state index is 0.0655. The molecule has 6 nitrogen and oxygen atoms in total. The summed E-state index contributed by atoms with van der Waals surface area (Å²) >= 11 is 0. The molecule has 0 aliphatic carbocycles. The van der Waals surface area contributed by atoms with Gasteiger partial charge in [0.2, 0.25) is 11.8 Å². The number of halogens is 1. The Kier molecular flexibility index (Phi) is 6.57. The number of carbonyl (C=O) groups is 2. The first-order valence-electron chi connectivity index (χ1n) is 9.54. The molecule has 28 heavy (non-hydrogen) atoms. The molecule has 1 fully saturated rings. The van der Waals surface area contributed by atoms with Gasteiger partial charge in [0.1, 0.15) is 11.6 Å². The first-order valence-corrected chi connectivity index (χ1v) is 9.54. The lowest BCUT2D eigenvalue weighted by Gasteiger charge is -2.33. The number of aromatic nitrogens is 1. The number of benzene rings is 1. The molecule has 2 amide bonds. The van der Waals surface area contributed by atoms with Crippen molar-refractivity contribution in [2.45, 2.75) is 32.2 Å². The number of nitrogens with two attached hydrogens (primary N) is 1. The molecule has 1 aliphatic rings. The number of amides is 2. The Balaban J connectivity index is 1.46. The minimum atomic E-state index is -0.489. The van der Waals surface area contributed by atoms with E-state index in [2.05, 4.69) is 15.2 Å². The fraction of sp³-hybridized carbons (Fsp3) is 0.381. The maximum absolute atomic E-state index is 13.6. The summed E-state index contributed by atoms with van der Waals surface area (Å²) in [7, 11) is 0. The van der Waals surface area contributed by atoms with Crippen LogP contribution in [-0.2, 0) is 11.3 Å². The minimum Gasteiger partial charge on any atom is -0.366 e. The number of carbonyl (C=O) groups excluding carboxylic acids is 2. The SMILES string of the molecule is NC(=O)c1ccc(N2CCCC(CCC(=O)NCc3ccccc3F)C2)nc1. The van der Waals surface area contributed by atoms with E-state index in [-0.39, 0.29) is 18.3 Å². The van der Waals surface area contributed by atoms with E-state index in [9.17, 15) is 14.0 Å². The van der Waals surface area contributed by atoms with Crippen molar-refractivity contribution in [1.82, 2.24) is 10.3 Å². The van der Waals surface area contributed by atoms with Crippen LogP contribution in [0.1, 0.15) is 41.6 Å². The molecule has 1 aromatic carbocycles. The first kappa shape index (κ1) is 19.8. The van der Waals surface area contributed by atoms with Crippen molar-refractivity contribution in [1.29, 1.82) is 0 Å². The van der Waals surface area contributed by atoms with Gasteiger partial charge in [0.25, 0.3) is 0 Å². The average molecular weight is 384 g/mol. The van der Waals surface area contributed by atoms with Gasteiger partial charge in [0.05, 0.1) is 5.56 Å². The van der Waals surface area contributed by atoms with Crippen LogP contribution in [0.3, 0.4) is 0 Å². The number of nitrogens with zero attached hydrogens (tertiary/aromatic N) is 2. The average Bonchev–Trinajstić information content (AvgIpc) is 2.72. The van der Waals surface area contributed by atoms with Gasteiger partial charge in [0, 0.05) is 37.8 Å². The molecule has 0 bridgehead atoms. The highest BCUT2D eigenvalue weighted by Crippen LogP contribution is 2.24. The maximum Gasteiger partial charge on any atom is 0.250 e. The first-order chi connectivity index (χ1) is 13.5. The largest absolute Gasteiger partial charge is 0.366 e. The quantitative estimate of drug-likeness (QED) is 0.768. The molecule has 0 spiro atoms. The van der Waals surface area contributed by atoms with E-state index in [1.54, 1.807) is 24.3 Å². The predicted molar refractivity (Wildman–Crippen MR) is 105 cm³/mol. The van der Waals surface area contributed by atoms with Gasteiger partial charge < -0.3 is 16.0 Å². The standard InChI is InChI=1S/C21H25FN4O2/c22-18-6-2-1-5-16(18)12-25-20(27)10-7-15-4-3-11-26(14-15)19-9-8-17(13-24-19)21(23)28/h1-2,5-6,8-9,13,15H,3-4,7,10-12,14H2,(H2,23,28)(H,25,27). The van der Waals surface area contributed by atoms with Gasteiger partial charge in [0.15, 0.2) is 0 Å². The van der Waals surface area contributed by atoms with Gasteiger partial charge in [-0.15, -0.1) is 0 Å². The molecule has 1 aliphatic heterocycles. The second-order valence-electron chi connectivity index (χ2n) is 7.13. The van der Waals surface area contributed by atoms with E-state index in [0.717, 1.165) is 38.2 Å². The molecule has 1 saturated heterocycles. The number of hydrogen-bond donors (Lipinski definition) is 2. The van der Waals surface area contributed by atoms with Crippen LogP contribution in [0.25, 0.3) is 0 Å². The van der Waals surface area contributed by atoms with Crippen LogP contribution in [0.4, 0.5) is 10.2 Å². The summed E-state index contributed by atoms with van der Waals surface area (Å²) in [5.74, 6) is 0.353. The second-order valence-corrected chi connectivity index (χ2v) is 7.13. The van der Waals surface area contributed by atoms with Gasteiger partial charge in [-0.05, 0) is 43.4 Å². The van der Waals surface area contributed by atoms with Gasteiger partial charge in [-0.3, -0.25) is 9.59 Å². The van der Waals surface area contributed by atoms with Crippen molar-refractivity contribution < 1.29 is 14.0 Å². The number of nitrogens with one attached hydrogen (secondary N) is 1. The number of pyridine rings is 1. The van der Waals surface area contributed by atoms with Crippen molar-refractivity contribution in [2.75, 3.05) is 18.0 Å². The third-order valence-corrected chi connectivity index (χ3v) is 5.09. The lowest BCUT2D eigenvalue weighted by atomic mass is 9.93. The highest BCUT2D eigenvalue weighted by Gasteiger charge is 2.21. The molecule has 1 atom stereocenters. The molecular formula is C21H25FN4O2. The topological polar surface area (TPSA) is 88.3 Å². The predicted octanol–water partition coefficient (Wildman–Crippen LogP) is 2.63. The number of primary amides is 1. The Hall–Kier alpha value is -2.96. The summed E-state index contributed by atoms with van der Waals surface area (Å²) in [6.45, 7) is 1.93. The lowest BCUT2D eigenvalue weighted by Crippen LogP contribution is -2.36. The number of hydrogen-bond acceptors (Lipinski definition) is 4. The normalized spacial score (nSPS) is 16.6. The Labute approximate surface area is 163 Å². The van der Waals surface area contributed by atoms with E-state index >= 15 is 0 Å². The van der Waals surface area contributed by atoms with Crippen LogP contribution in [0.15, 0.2) is 42.6 Å².